The summed E-state index contributed by atoms with van der Waals surface area (Å²) in [5.74, 6) is -0.251. The maximum Gasteiger partial charge on any atom is 0.415 e. The minimum Gasteiger partial charge on any atom is -0.441 e. The highest BCUT2D eigenvalue weighted by atomic mass is 19.1. The Morgan fingerprint density at radius 3 is 2.90 bits per heavy atom. The molecular weight excluding hydrogens is 395 g/mol. The number of carbonyl (C=O) groups is 1. The second kappa shape index (κ2) is 7.38. The molecule has 1 aliphatic heterocycles. The Balaban J connectivity index is 1.35. The van der Waals surface area contributed by atoms with Crippen molar-refractivity contribution in [3.8, 4) is 6.07 Å². The summed E-state index contributed by atoms with van der Waals surface area (Å²) >= 11 is 0. The van der Waals surface area contributed by atoms with Gasteiger partial charge in [0, 0.05) is 18.3 Å². The standard InChI is InChI=1S/C24H23FN4O2/c1-16-4-6-19(7-5-16)29-14-24(31-23(29)30)8-2-3-17(11-24)13-28-15-27-21-10-20(25)18(12-26)9-22(21)28/h4-7,9-10,15,17H,2-3,8,11,13-14H2,1H3/t17-,24-/m0/s1. The van der Waals surface area contributed by atoms with Crippen LogP contribution < -0.4 is 4.90 Å². The lowest BCUT2D eigenvalue weighted by Crippen LogP contribution is -2.40. The van der Waals surface area contributed by atoms with Crippen LogP contribution in [0.15, 0.2) is 42.7 Å². The summed E-state index contributed by atoms with van der Waals surface area (Å²) in [5.41, 5.74) is 2.84. The molecule has 2 atom stereocenters. The molecule has 1 saturated carbocycles. The van der Waals surface area contributed by atoms with Crippen molar-refractivity contribution in [3.05, 3.63) is 59.7 Å². The van der Waals surface area contributed by atoms with Gasteiger partial charge in [-0.3, -0.25) is 4.90 Å². The van der Waals surface area contributed by atoms with Crippen LogP contribution in [0.5, 0.6) is 0 Å². The highest BCUT2D eigenvalue weighted by Gasteiger charge is 2.48. The molecule has 6 nitrogen and oxygen atoms in total. The Hall–Kier alpha value is -3.40. The molecule has 2 aromatic carbocycles. The summed E-state index contributed by atoms with van der Waals surface area (Å²) in [6.07, 6.45) is 5.04. The van der Waals surface area contributed by atoms with Gasteiger partial charge in [-0.1, -0.05) is 17.7 Å². The van der Waals surface area contributed by atoms with E-state index in [2.05, 4.69) is 4.98 Å². The molecule has 31 heavy (non-hydrogen) atoms. The predicted molar refractivity (Wildman–Crippen MR) is 114 cm³/mol. The number of carbonyl (C=O) groups excluding carboxylic acids is 1. The summed E-state index contributed by atoms with van der Waals surface area (Å²) in [7, 11) is 0. The molecule has 1 amide bonds. The first kappa shape index (κ1) is 19.6. The molecule has 1 saturated heterocycles. The molecule has 0 radical (unpaired) electrons. The normalized spacial score (nSPS) is 23.3. The van der Waals surface area contributed by atoms with E-state index in [1.165, 1.54) is 6.07 Å². The number of hydrogen-bond donors (Lipinski definition) is 0. The van der Waals surface area contributed by atoms with Crippen molar-refractivity contribution in [3.63, 3.8) is 0 Å². The number of imidazole rings is 1. The third-order valence-electron chi connectivity index (χ3n) is 6.51. The Labute approximate surface area is 179 Å². The van der Waals surface area contributed by atoms with Crippen LogP contribution in [0.3, 0.4) is 0 Å². The summed E-state index contributed by atoms with van der Waals surface area (Å²) in [5, 5.41) is 9.15. The number of halogens is 1. The third kappa shape index (κ3) is 3.52. The third-order valence-corrected chi connectivity index (χ3v) is 6.51. The maximum absolute atomic E-state index is 13.9. The van der Waals surface area contributed by atoms with Crippen LogP contribution in [0.25, 0.3) is 11.0 Å². The van der Waals surface area contributed by atoms with Crippen LogP contribution in [0.2, 0.25) is 0 Å². The second-order valence-corrected chi connectivity index (χ2v) is 8.76. The fourth-order valence-corrected chi connectivity index (χ4v) is 4.97. The molecule has 2 fully saturated rings. The van der Waals surface area contributed by atoms with Crippen molar-refractivity contribution in [1.29, 1.82) is 5.26 Å². The Morgan fingerprint density at radius 1 is 1.32 bits per heavy atom. The average molecular weight is 418 g/mol. The molecule has 1 spiro atoms. The largest absolute Gasteiger partial charge is 0.441 e. The van der Waals surface area contributed by atoms with E-state index in [0.717, 1.165) is 42.5 Å². The molecule has 7 heteroatoms. The minimum atomic E-state index is -0.550. The van der Waals surface area contributed by atoms with Crippen LogP contribution in [0.4, 0.5) is 14.9 Å². The quantitative estimate of drug-likeness (QED) is 0.604. The van der Waals surface area contributed by atoms with Gasteiger partial charge in [0.25, 0.3) is 0 Å². The lowest BCUT2D eigenvalue weighted by Gasteiger charge is -2.36. The lowest BCUT2D eigenvalue weighted by atomic mass is 9.78. The van der Waals surface area contributed by atoms with Crippen molar-refractivity contribution in [2.75, 3.05) is 11.4 Å². The molecule has 1 aliphatic carbocycles. The van der Waals surface area contributed by atoms with E-state index < -0.39 is 11.4 Å². The van der Waals surface area contributed by atoms with Crippen LogP contribution >= 0.6 is 0 Å². The number of nitriles is 1. The van der Waals surface area contributed by atoms with Crippen molar-refractivity contribution >= 4 is 22.8 Å². The zero-order chi connectivity index (χ0) is 21.6. The Morgan fingerprint density at radius 2 is 2.13 bits per heavy atom. The summed E-state index contributed by atoms with van der Waals surface area (Å²) in [4.78, 5) is 18.7. The first-order valence-electron chi connectivity index (χ1n) is 10.6. The number of rotatable bonds is 3. The Kier molecular flexibility index (Phi) is 4.66. The zero-order valence-corrected chi connectivity index (χ0v) is 17.3. The topological polar surface area (TPSA) is 71.2 Å². The van der Waals surface area contributed by atoms with Crippen LogP contribution in [-0.2, 0) is 11.3 Å². The van der Waals surface area contributed by atoms with Gasteiger partial charge in [-0.25, -0.2) is 14.2 Å². The number of nitrogens with zero attached hydrogens (tertiary/aromatic N) is 4. The second-order valence-electron chi connectivity index (χ2n) is 8.76. The summed E-state index contributed by atoms with van der Waals surface area (Å²) in [6, 6.07) is 12.7. The van der Waals surface area contributed by atoms with Crippen molar-refractivity contribution < 1.29 is 13.9 Å². The van der Waals surface area contributed by atoms with Gasteiger partial charge in [-0.2, -0.15) is 5.26 Å². The van der Waals surface area contributed by atoms with Gasteiger partial charge in [0.15, 0.2) is 0 Å². The van der Waals surface area contributed by atoms with Crippen LogP contribution in [0, 0.1) is 30.0 Å². The molecule has 1 aromatic heterocycles. The molecule has 3 aromatic rings. The molecule has 2 heterocycles. The number of aryl methyl sites for hydroxylation is 1. The predicted octanol–water partition coefficient (Wildman–Crippen LogP) is 4.94. The van der Waals surface area contributed by atoms with E-state index in [1.807, 2.05) is 41.8 Å². The van der Waals surface area contributed by atoms with Gasteiger partial charge < -0.3 is 9.30 Å². The van der Waals surface area contributed by atoms with E-state index >= 15 is 0 Å². The number of anilines is 1. The van der Waals surface area contributed by atoms with E-state index in [-0.39, 0.29) is 11.7 Å². The first-order valence-corrected chi connectivity index (χ1v) is 10.6. The molecular formula is C24H23FN4O2. The van der Waals surface area contributed by atoms with Gasteiger partial charge in [0.05, 0.1) is 29.5 Å². The lowest BCUT2D eigenvalue weighted by molar-refractivity contribution is 0.00439. The fraction of sp³-hybridized carbons (Fsp3) is 0.375. The van der Waals surface area contributed by atoms with Crippen molar-refractivity contribution in [1.82, 2.24) is 9.55 Å². The van der Waals surface area contributed by atoms with Gasteiger partial charge in [0.2, 0.25) is 0 Å². The first-order chi connectivity index (χ1) is 15.0. The van der Waals surface area contributed by atoms with Crippen LogP contribution in [-0.4, -0.2) is 27.8 Å². The number of hydrogen-bond acceptors (Lipinski definition) is 4. The molecule has 158 valence electrons. The highest BCUT2D eigenvalue weighted by Crippen LogP contribution is 2.42. The minimum absolute atomic E-state index is 0.0211. The smallest absolute Gasteiger partial charge is 0.415 e. The van der Waals surface area contributed by atoms with Gasteiger partial charge >= 0.3 is 6.09 Å². The fourth-order valence-electron chi connectivity index (χ4n) is 4.97. The number of amides is 1. The number of fused-ring (bicyclic) bond motifs is 1. The average Bonchev–Trinajstić information content (AvgIpc) is 3.28. The van der Waals surface area contributed by atoms with Crippen LogP contribution in [0.1, 0.15) is 36.8 Å². The molecule has 0 bridgehead atoms. The van der Waals surface area contributed by atoms with Crippen molar-refractivity contribution in [2.24, 2.45) is 5.92 Å². The summed E-state index contributed by atoms with van der Waals surface area (Å²) < 4.78 is 21.8. The molecule has 0 unspecified atom stereocenters. The SMILES string of the molecule is Cc1ccc(N2C[C@@]3(CCC[C@H](Cn4cnc5cc(F)c(C#N)cc54)C3)OC2=O)cc1. The van der Waals surface area contributed by atoms with Gasteiger partial charge in [-0.05, 0) is 56.7 Å². The molecule has 0 N–H and O–H groups in total. The highest BCUT2D eigenvalue weighted by molar-refractivity contribution is 5.90. The van der Waals surface area contributed by atoms with E-state index in [0.29, 0.717) is 24.5 Å². The monoisotopic (exact) mass is 418 g/mol. The Bertz CT molecular complexity index is 1200. The van der Waals surface area contributed by atoms with E-state index in [4.69, 9.17) is 10.00 Å². The van der Waals surface area contributed by atoms with E-state index in [9.17, 15) is 9.18 Å². The summed E-state index contributed by atoms with van der Waals surface area (Å²) in [6.45, 7) is 3.27. The number of benzene rings is 2. The van der Waals surface area contributed by atoms with E-state index in [1.54, 1.807) is 17.3 Å². The molecule has 2 aliphatic rings. The van der Waals surface area contributed by atoms with Gasteiger partial charge in [0.1, 0.15) is 17.5 Å². The van der Waals surface area contributed by atoms with Crippen molar-refractivity contribution in [2.45, 2.75) is 44.8 Å². The number of ether oxygens (including phenoxy) is 1. The number of aromatic nitrogens is 2. The zero-order valence-electron chi connectivity index (χ0n) is 17.3. The molecule has 5 rings (SSSR count). The maximum atomic E-state index is 13.9. The van der Waals surface area contributed by atoms with Gasteiger partial charge in [-0.15, -0.1) is 0 Å².